The van der Waals surface area contributed by atoms with Crippen LogP contribution in [-0.2, 0) is 4.79 Å². The van der Waals surface area contributed by atoms with E-state index < -0.39 is 0 Å². The lowest BCUT2D eigenvalue weighted by atomic mass is 10.0. The van der Waals surface area contributed by atoms with Gasteiger partial charge in [0.05, 0.1) is 5.69 Å². The maximum atomic E-state index is 12.7. The van der Waals surface area contributed by atoms with E-state index in [1.807, 2.05) is 35.2 Å². The van der Waals surface area contributed by atoms with Crippen LogP contribution in [0.2, 0.25) is 0 Å². The fraction of sp³-hybridized carbons (Fsp3) is 0.368. The molecule has 1 fully saturated rings. The molecule has 1 aliphatic heterocycles. The van der Waals surface area contributed by atoms with Gasteiger partial charge in [-0.25, -0.2) is 0 Å². The minimum absolute atomic E-state index is 0.0738. The molecule has 0 aromatic heterocycles. The third-order valence-corrected chi connectivity index (χ3v) is 4.73. The van der Waals surface area contributed by atoms with Gasteiger partial charge in [0.25, 0.3) is 5.91 Å². The first-order chi connectivity index (χ1) is 11.2. The normalized spacial score (nSPS) is 16.2. The molecule has 2 aromatic carbocycles. The van der Waals surface area contributed by atoms with Crippen molar-refractivity contribution >= 4 is 34.0 Å². The molecule has 0 unspecified atom stereocenters. The standard InChI is InChI=1S/C19H20N2O2/c1-2-3-11-21-16-10-9-15(20-18(22)12-7-8-12)13-5-4-6-14(17(13)16)19(21)23/h4-6,9-10,12H,2-3,7-8,11H2,1H3,(H,20,22). The van der Waals surface area contributed by atoms with Gasteiger partial charge >= 0.3 is 0 Å². The number of amides is 2. The Morgan fingerprint density at radius 2 is 2.09 bits per heavy atom. The topological polar surface area (TPSA) is 49.4 Å². The fourth-order valence-electron chi connectivity index (χ4n) is 3.27. The summed E-state index contributed by atoms with van der Waals surface area (Å²) >= 11 is 0. The Hall–Kier alpha value is -2.36. The number of unbranched alkanes of at least 4 members (excludes halogenated alkanes) is 1. The van der Waals surface area contributed by atoms with E-state index in [1.54, 1.807) is 0 Å². The highest BCUT2D eigenvalue weighted by atomic mass is 16.2. The van der Waals surface area contributed by atoms with Crippen LogP contribution < -0.4 is 10.2 Å². The van der Waals surface area contributed by atoms with Crippen molar-refractivity contribution in [1.29, 1.82) is 0 Å². The number of rotatable bonds is 5. The summed E-state index contributed by atoms with van der Waals surface area (Å²) in [6.45, 7) is 2.87. The first-order valence-corrected chi connectivity index (χ1v) is 8.39. The second kappa shape index (κ2) is 5.37. The summed E-state index contributed by atoms with van der Waals surface area (Å²) in [4.78, 5) is 26.6. The minimum atomic E-state index is 0.0738. The zero-order valence-corrected chi connectivity index (χ0v) is 13.3. The first kappa shape index (κ1) is 14.2. The number of carbonyl (C=O) groups excluding carboxylic acids is 2. The zero-order valence-electron chi connectivity index (χ0n) is 13.3. The lowest BCUT2D eigenvalue weighted by Gasteiger charge is -2.17. The molecule has 2 aromatic rings. The largest absolute Gasteiger partial charge is 0.325 e. The molecule has 0 spiro atoms. The molecule has 1 heterocycles. The van der Waals surface area contributed by atoms with Crippen molar-refractivity contribution in [2.45, 2.75) is 32.6 Å². The highest BCUT2D eigenvalue weighted by molar-refractivity contribution is 6.27. The number of nitrogens with one attached hydrogen (secondary N) is 1. The molecule has 2 aliphatic rings. The van der Waals surface area contributed by atoms with Gasteiger partial charge in [-0.1, -0.05) is 25.5 Å². The van der Waals surface area contributed by atoms with E-state index in [9.17, 15) is 9.59 Å². The molecule has 0 radical (unpaired) electrons. The molecule has 23 heavy (non-hydrogen) atoms. The van der Waals surface area contributed by atoms with Crippen LogP contribution in [0.5, 0.6) is 0 Å². The van der Waals surface area contributed by atoms with Crippen molar-refractivity contribution in [2.24, 2.45) is 5.92 Å². The monoisotopic (exact) mass is 308 g/mol. The number of benzene rings is 2. The molecule has 2 amide bonds. The van der Waals surface area contributed by atoms with Crippen LogP contribution >= 0.6 is 0 Å². The van der Waals surface area contributed by atoms with Crippen LogP contribution in [0.4, 0.5) is 11.4 Å². The average molecular weight is 308 g/mol. The number of carbonyl (C=O) groups is 2. The molecule has 4 heteroatoms. The maximum Gasteiger partial charge on any atom is 0.258 e. The van der Waals surface area contributed by atoms with E-state index >= 15 is 0 Å². The molecular weight excluding hydrogens is 288 g/mol. The summed E-state index contributed by atoms with van der Waals surface area (Å²) in [5, 5.41) is 4.97. The quantitative estimate of drug-likeness (QED) is 0.909. The molecule has 0 atom stereocenters. The van der Waals surface area contributed by atoms with Crippen LogP contribution in [0.1, 0.15) is 43.0 Å². The van der Waals surface area contributed by atoms with Gasteiger partial charge in [0.2, 0.25) is 5.91 Å². The van der Waals surface area contributed by atoms with E-state index in [2.05, 4.69) is 12.2 Å². The Balaban J connectivity index is 1.78. The molecule has 118 valence electrons. The Morgan fingerprint density at radius 1 is 1.26 bits per heavy atom. The highest BCUT2D eigenvalue weighted by Crippen LogP contribution is 2.41. The molecule has 0 saturated heterocycles. The number of anilines is 2. The van der Waals surface area contributed by atoms with E-state index in [0.717, 1.165) is 59.9 Å². The third-order valence-electron chi connectivity index (χ3n) is 4.73. The molecule has 1 aliphatic carbocycles. The van der Waals surface area contributed by atoms with E-state index in [4.69, 9.17) is 0 Å². The highest BCUT2D eigenvalue weighted by Gasteiger charge is 2.32. The summed E-state index contributed by atoms with van der Waals surface area (Å²) in [5.74, 6) is 0.336. The first-order valence-electron chi connectivity index (χ1n) is 8.39. The second-order valence-corrected chi connectivity index (χ2v) is 6.43. The second-order valence-electron chi connectivity index (χ2n) is 6.43. The lowest BCUT2D eigenvalue weighted by molar-refractivity contribution is -0.117. The zero-order chi connectivity index (χ0) is 16.0. The van der Waals surface area contributed by atoms with Crippen molar-refractivity contribution in [2.75, 3.05) is 16.8 Å². The smallest absolute Gasteiger partial charge is 0.258 e. The minimum Gasteiger partial charge on any atom is -0.325 e. The van der Waals surface area contributed by atoms with Crippen molar-refractivity contribution in [3.63, 3.8) is 0 Å². The van der Waals surface area contributed by atoms with E-state index in [0.29, 0.717) is 0 Å². The SMILES string of the molecule is CCCCN1C(=O)c2cccc3c(NC(=O)C4CC4)ccc1c23. The number of hydrogen-bond acceptors (Lipinski definition) is 2. The summed E-state index contributed by atoms with van der Waals surface area (Å²) in [6.07, 6.45) is 4.01. The predicted octanol–water partition coefficient (Wildman–Crippen LogP) is 3.95. The fourth-order valence-corrected chi connectivity index (χ4v) is 3.27. The Bertz CT molecular complexity index is 808. The van der Waals surface area contributed by atoms with Crippen LogP contribution in [0.15, 0.2) is 30.3 Å². The van der Waals surface area contributed by atoms with Crippen molar-refractivity contribution in [3.8, 4) is 0 Å². The Morgan fingerprint density at radius 3 is 2.83 bits per heavy atom. The average Bonchev–Trinajstić information content (AvgIpc) is 3.37. The van der Waals surface area contributed by atoms with Gasteiger partial charge in [0.1, 0.15) is 0 Å². The van der Waals surface area contributed by atoms with Gasteiger partial charge in [-0.2, -0.15) is 0 Å². The Kier molecular flexibility index (Phi) is 3.33. The maximum absolute atomic E-state index is 12.7. The van der Waals surface area contributed by atoms with Crippen molar-refractivity contribution < 1.29 is 9.59 Å². The summed E-state index contributed by atoms with van der Waals surface area (Å²) in [6, 6.07) is 9.66. The van der Waals surface area contributed by atoms with Crippen molar-refractivity contribution in [1.82, 2.24) is 0 Å². The van der Waals surface area contributed by atoms with E-state index in [1.165, 1.54) is 0 Å². The molecule has 0 bridgehead atoms. The third kappa shape index (κ3) is 2.29. The van der Waals surface area contributed by atoms with Gasteiger partial charge in [-0.05, 0) is 37.5 Å². The van der Waals surface area contributed by atoms with Crippen LogP contribution in [-0.4, -0.2) is 18.4 Å². The van der Waals surface area contributed by atoms with Crippen LogP contribution in [0.25, 0.3) is 10.8 Å². The van der Waals surface area contributed by atoms with Gasteiger partial charge in [0, 0.05) is 34.5 Å². The van der Waals surface area contributed by atoms with Crippen LogP contribution in [0, 0.1) is 5.92 Å². The molecule has 1 saturated carbocycles. The van der Waals surface area contributed by atoms with Gasteiger partial charge in [-0.15, -0.1) is 0 Å². The number of nitrogens with zero attached hydrogens (tertiary/aromatic N) is 1. The van der Waals surface area contributed by atoms with Crippen LogP contribution in [0.3, 0.4) is 0 Å². The van der Waals surface area contributed by atoms with E-state index in [-0.39, 0.29) is 17.7 Å². The summed E-state index contributed by atoms with van der Waals surface area (Å²) < 4.78 is 0. The molecule has 4 nitrogen and oxygen atoms in total. The lowest BCUT2D eigenvalue weighted by Crippen LogP contribution is -2.27. The molecule has 4 rings (SSSR count). The Labute approximate surface area is 135 Å². The molecule has 1 N–H and O–H groups in total. The predicted molar refractivity (Wildman–Crippen MR) is 91.9 cm³/mol. The van der Waals surface area contributed by atoms with Gasteiger partial charge in [0.15, 0.2) is 0 Å². The van der Waals surface area contributed by atoms with Gasteiger partial charge in [-0.3, -0.25) is 9.59 Å². The van der Waals surface area contributed by atoms with Crippen molar-refractivity contribution in [3.05, 3.63) is 35.9 Å². The molecular formula is C19H20N2O2. The summed E-state index contributed by atoms with van der Waals surface area (Å²) in [7, 11) is 0. The van der Waals surface area contributed by atoms with Gasteiger partial charge < -0.3 is 10.2 Å². The number of hydrogen-bond donors (Lipinski definition) is 1. The summed E-state index contributed by atoms with van der Waals surface area (Å²) in [5.41, 5.74) is 2.53.